The third-order valence-corrected chi connectivity index (χ3v) is 6.78. The van der Waals surface area contributed by atoms with Crippen LogP contribution >= 0.6 is 0 Å². The number of carbonyl (C=O) groups excluding carboxylic acids is 1. The predicted molar refractivity (Wildman–Crippen MR) is 94.4 cm³/mol. The van der Waals surface area contributed by atoms with E-state index in [1.165, 1.54) is 4.31 Å². The van der Waals surface area contributed by atoms with Crippen molar-refractivity contribution in [2.24, 2.45) is 0 Å². The van der Waals surface area contributed by atoms with Crippen LogP contribution in [-0.4, -0.2) is 60.4 Å². The second kappa shape index (κ2) is 6.57. The summed E-state index contributed by atoms with van der Waals surface area (Å²) in [5, 5.41) is 1.02. The molecule has 0 spiro atoms. The SMILES string of the molecule is CCS(=O)(=O)N(C)C1CCN(C(=O)c2ccc3[nH]ccc3c2)CC1. The highest BCUT2D eigenvalue weighted by Crippen LogP contribution is 2.21. The van der Waals surface area contributed by atoms with Crippen molar-refractivity contribution < 1.29 is 13.2 Å². The van der Waals surface area contributed by atoms with Crippen molar-refractivity contribution in [3.8, 4) is 0 Å². The summed E-state index contributed by atoms with van der Waals surface area (Å²) in [4.78, 5) is 17.6. The largest absolute Gasteiger partial charge is 0.361 e. The number of aromatic nitrogens is 1. The zero-order chi connectivity index (χ0) is 17.3. The van der Waals surface area contributed by atoms with E-state index in [2.05, 4.69) is 4.98 Å². The summed E-state index contributed by atoms with van der Waals surface area (Å²) < 4.78 is 25.4. The molecular weight excluding hydrogens is 326 g/mol. The summed E-state index contributed by atoms with van der Waals surface area (Å²) in [7, 11) is -1.54. The average Bonchev–Trinajstić information content (AvgIpc) is 3.08. The molecule has 1 N–H and O–H groups in total. The fourth-order valence-corrected chi connectivity index (χ4v) is 4.30. The number of rotatable bonds is 4. The van der Waals surface area contributed by atoms with Gasteiger partial charge in [-0.1, -0.05) is 0 Å². The minimum Gasteiger partial charge on any atom is -0.361 e. The Labute approximate surface area is 142 Å². The van der Waals surface area contributed by atoms with Gasteiger partial charge < -0.3 is 9.88 Å². The van der Waals surface area contributed by atoms with Crippen LogP contribution in [0, 0.1) is 0 Å². The van der Waals surface area contributed by atoms with Gasteiger partial charge in [0.2, 0.25) is 10.0 Å². The Hall–Kier alpha value is -1.86. The Morgan fingerprint density at radius 1 is 1.29 bits per heavy atom. The predicted octanol–water partition coefficient (Wildman–Crippen LogP) is 2.05. The minimum atomic E-state index is -3.18. The third-order valence-electron chi connectivity index (χ3n) is 4.87. The monoisotopic (exact) mass is 349 g/mol. The molecule has 0 aliphatic carbocycles. The van der Waals surface area contributed by atoms with E-state index < -0.39 is 10.0 Å². The Kier molecular flexibility index (Phi) is 4.64. The number of H-pyrrole nitrogens is 1. The van der Waals surface area contributed by atoms with E-state index in [-0.39, 0.29) is 17.7 Å². The topological polar surface area (TPSA) is 73.5 Å². The number of piperidine rings is 1. The van der Waals surface area contributed by atoms with Crippen LogP contribution in [0.25, 0.3) is 10.9 Å². The van der Waals surface area contributed by atoms with Crippen LogP contribution in [-0.2, 0) is 10.0 Å². The van der Waals surface area contributed by atoms with E-state index in [1.807, 2.05) is 35.4 Å². The van der Waals surface area contributed by atoms with E-state index in [1.54, 1.807) is 14.0 Å². The quantitative estimate of drug-likeness (QED) is 0.918. The van der Waals surface area contributed by atoms with Crippen LogP contribution in [0.1, 0.15) is 30.1 Å². The molecule has 0 bridgehead atoms. The molecule has 0 unspecified atom stereocenters. The second-order valence-corrected chi connectivity index (χ2v) is 8.54. The van der Waals surface area contributed by atoms with Crippen molar-refractivity contribution in [1.82, 2.24) is 14.2 Å². The number of benzene rings is 1. The molecule has 1 aromatic carbocycles. The molecule has 1 aliphatic rings. The molecule has 2 heterocycles. The van der Waals surface area contributed by atoms with Gasteiger partial charge in [0.15, 0.2) is 0 Å². The molecule has 130 valence electrons. The molecule has 0 atom stereocenters. The number of fused-ring (bicyclic) bond motifs is 1. The molecule has 1 amide bonds. The lowest BCUT2D eigenvalue weighted by atomic mass is 10.0. The van der Waals surface area contributed by atoms with E-state index in [0.29, 0.717) is 31.5 Å². The number of aromatic amines is 1. The van der Waals surface area contributed by atoms with Gasteiger partial charge >= 0.3 is 0 Å². The Balaban J connectivity index is 1.66. The number of hydrogen-bond acceptors (Lipinski definition) is 3. The van der Waals surface area contributed by atoms with Crippen LogP contribution in [0.3, 0.4) is 0 Å². The molecule has 24 heavy (non-hydrogen) atoms. The first-order valence-electron chi connectivity index (χ1n) is 8.24. The fraction of sp³-hybridized carbons (Fsp3) is 0.471. The van der Waals surface area contributed by atoms with Crippen molar-refractivity contribution in [3.05, 3.63) is 36.0 Å². The van der Waals surface area contributed by atoms with Gasteiger partial charge in [-0.3, -0.25) is 4.79 Å². The summed E-state index contributed by atoms with van der Waals surface area (Å²) in [5.74, 6) is 0.122. The number of amides is 1. The van der Waals surface area contributed by atoms with Gasteiger partial charge in [0.05, 0.1) is 5.75 Å². The van der Waals surface area contributed by atoms with Crippen molar-refractivity contribution in [2.45, 2.75) is 25.8 Å². The van der Waals surface area contributed by atoms with Crippen molar-refractivity contribution in [1.29, 1.82) is 0 Å². The maximum Gasteiger partial charge on any atom is 0.253 e. The lowest BCUT2D eigenvalue weighted by Gasteiger charge is -2.36. The van der Waals surface area contributed by atoms with Crippen molar-refractivity contribution in [3.63, 3.8) is 0 Å². The maximum absolute atomic E-state index is 12.7. The van der Waals surface area contributed by atoms with Gasteiger partial charge in [-0.15, -0.1) is 0 Å². The van der Waals surface area contributed by atoms with E-state index >= 15 is 0 Å². The van der Waals surface area contributed by atoms with Crippen molar-refractivity contribution >= 4 is 26.8 Å². The summed E-state index contributed by atoms with van der Waals surface area (Å²) in [5.41, 5.74) is 1.69. The first kappa shape index (κ1) is 17.0. The second-order valence-electron chi connectivity index (χ2n) is 6.22. The van der Waals surface area contributed by atoms with Gasteiger partial charge in [-0.2, -0.15) is 0 Å². The highest BCUT2D eigenvalue weighted by atomic mass is 32.2. The number of sulfonamides is 1. The van der Waals surface area contributed by atoms with Crippen LogP contribution in [0.4, 0.5) is 0 Å². The van der Waals surface area contributed by atoms with Gasteiger partial charge in [0, 0.05) is 48.8 Å². The maximum atomic E-state index is 12.7. The van der Waals surface area contributed by atoms with Gasteiger partial charge in [-0.25, -0.2) is 12.7 Å². The summed E-state index contributed by atoms with van der Waals surface area (Å²) >= 11 is 0. The number of carbonyl (C=O) groups is 1. The first-order chi connectivity index (χ1) is 11.4. The molecular formula is C17H23N3O3S. The Bertz CT molecular complexity index is 836. The summed E-state index contributed by atoms with van der Waals surface area (Å²) in [6.45, 7) is 2.82. The van der Waals surface area contributed by atoms with Gasteiger partial charge in [0.25, 0.3) is 5.91 Å². The van der Waals surface area contributed by atoms with Crippen molar-refractivity contribution in [2.75, 3.05) is 25.9 Å². The molecule has 0 radical (unpaired) electrons. The molecule has 3 rings (SSSR count). The van der Waals surface area contributed by atoms with Gasteiger partial charge in [0.1, 0.15) is 0 Å². The van der Waals surface area contributed by atoms with Crippen LogP contribution in [0.15, 0.2) is 30.5 Å². The molecule has 1 saturated heterocycles. The van der Waals surface area contributed by atoms with E-state index in [9.17, 15) is 13.2 Å². The molecule has 6 nitrogen and oxygen atoms in total. The zero-order valence-electron chi connectivity index (χ0n) is 14.0. The standard InChI is InChI=1S/C17H23N3O3S/c1-3-24(22,23)19(2)15-7-10-20(11-8-15)17(21)14-4-5-16-13(12-14)6-9-18-16/h4-6,9,12,15,18H,3,7-8,10-11H2,1-2H3. The minimum absolute atomic E-state index is 0.0116. The molecule has 1 aliphatic heterocycles. The third kappa shape index (κ3) is 3.18. The lowest BCUT2D eigenvalue weighted by Crippen LogP contribution is -2.47. The highest BCUT2D eigenvalue weighted by molar-refractivity contribution is 7.89. The lowest BCUT2D eigenvalue weighted by molar-refractivity contribution is 0.0686. The number of likely N-dealkylation sites (tertiary alicyclic amines) is 1. The van der Waals surface area contributed by atoms with E-state index in [0.717, 1.165) is 10.9 Å². The number of nitrogens with zero attached hydrogens (tertiary/aromatic N) is 2. The molecule has 1 aromatic heterocycles. The van der Waals surface area contributed by atoms with Crippen LogP contribution in [0.2, 0.25) is 0 Å². The van der Waals surface area contributed by atoms with Crippen LogP contribution in [0.5, 0.6) is 0 Å². The highest BCUT2D eigenvalue weighted by Gasteiger charge is 2.30. The normalized spacial score (nSPS) is 16.9. The van der Waals surface area contributed by atoms with Crippen LogP contribution < -0.4 is 0 Å². The zero-order valence-corrected chi connectivity index (χ0v) is 14.8. The average molecular weight is 349 g/mol. The van der Waals surface area contributed by atoms with Gasteiger partial charge in [-0.05, 0) is 44.0 Å². The molecule has 2 aromatic rings. The number of nitrogens with one attached hydrogen (secondary N) is 1. The smallest absolute Gasteiger partial charge is 0.253 e. The first-order valence-corrected chi connectivity index (χ1v) is 9.85. The number of hydrogen-bond donors (Lipinski definition) is 1. The molecule has 1 fully saturated rings. The van der Waals surface area contributed by atoms with E-state index in [4.69, 9.17) is 0 Å². The summed E-state index contributed by atoms with van der Waals surface area (Å²) in [6, 6.07) is 7.57. The summed E-state index contributed by atoms with van der Waals surface area (Å²) in [6.07, 6.45) is 3.20. The fourth-order valence-electron chi connectivity index (χ4n) is 3.23. The molecule has 7 heteroatoms. The Morgan fingerprint density at radius 2 is 2.00 bits per heavy atom. The molecule has 0 saturated carbocycles. The Morgan fingerprint density at radius 3 is 2.67 bits per heavy atom.